The lowest BCUT2D eigenvalue weighted by atomic mass is 10.0. The molecule has 8 nitrogen and oxygen atoms in total. The van der Waals surface area contributed by atoms with Crippen molar-refractivity contribution in [3.63, 3.8) is 0 Å². The fraction of sp³-hybridized carbons (Fsp3) is 0.286. The molecule has 0 unspecified atom stereocenters. The minimum absolute atomic E-state index is 0.654. The van der Waals surface area contributed by atoms with Gasteiger partial charge in [-0.05, 0) is 24.3 Å². The molecule has 0 saturated carbocycles. The summed E-state index contributed by atoms with van der Waals surface area (Å²) in [5.41, 5.74) is 4.68. The third kappa shape index (κ3) is 3.85. The zero-order valence-corrected chi connectivity index (χ0v) is 16.0. The molecule has 1 fully saturated rings. The zero-order valence-electron chi connectivity index (χ0n) is 16.0. The number of hydrogen-bond acceptors (Lipinski definition) is 6. The molecule has 1 saturated heterocycles. The summed E-state index contributed by atoms with van der Waals surface area (Å²) in [6.45, 7) is 5.10. The van der Waals surface area contributed by atoms with E-state index in [1.165, 1.54) is 0 Å². The molecule has 3 heterocycles. The highest BCUT2D eigenvalue weighted by molar-refractivity contribution is 5.95. The quantitative estimate of drug-likeness (QED) is 0.526. The van der Waals surface area contributed by atoms with E-state index in [-0.39, 0.29) is 0 Å². The van der Waals surface area contributed by atoms with E-state index in [9.17, 15) is 0 Å². The number of H-pyrrole nitrogens is 2. The average Bonchev–Trinajstić information content (AvgIpc) is 3.44. The fourth-order valence-corrected chi connectivity index (χ4v) is 3.58. The van der Waals surface area contributed by atoms with Crippen LogP contribution in [0.25, 0.3) is 33.4 Å². The topological polar surface area (TPSA) is 92.0 Å². The van der Waals surface area contributed by atoms with Crippen molar-refractivity contribution in [1.82, 2.24) is 30.5 Å². The summed E-state index contributed by atoms with van der Waals surface area (Å²) in [4.78, 5) is 2.36. The summed E-state index contributed by atoms with van der Waals surface area (Å²) in [6.07, 6.45) is 1.71. The second kappa shape index (κ2) is 8.02. The first-order chi connectivity index (χ1) is 14.4. The van der Waals surface area contributed by atoms with Crippen LogP contribution in [-0.2, 0) is 4.74 Å². The van der Waals surface area contributed by atoms with Gasteiger partial charge in [-0.1, -0.05) is 18.2 Å². The molecule has 0 bridgehead atoms. The molecule has 0 spiro atoms. The molecule has 4 aromatic rings. The van der Waals surface area contributed by atoms with E-state index in [1.54, 1.807) is 6.20 Å². The lowest BCUT2D eigenvalue weighted by Crippen LogP contribution is -2.38. The molecule has 1 aliphatic rings. The highest BCUT2D eigenvalue weighted by Gasteiger charge is 2.12. The van der Waals surface area contributed by atoms with Gasteiger partial charge in [0.2, 0.25) is 0 Å². The maximum Gasteiger partial charge on any atom is 0.120 e. The number of ether oxygens (including phenoxy) is 2. The van der Waals surface area contributed by atoms with Crippen LogP contribution in [0.4, 0.5) is 0 Å². The largest absolute Gasteiger partial charge is 0.492 e. The van der Waals surface area contributed by atoms with E-state index in [0.717, 1.165) is 72.0 Å². The van der Waals surface area contributed by atoms with Crippen molar-refractivity contribution in [3.05, 3.63) is 48.7 Å². The van der Waals surface area contributed by atoms with Crippen molar-refractivity contribution >= 4 is 10.9 Å². The molecule has 2 aromatic heterocycles. The van der Waals surface area contributed by atoms with Crippen LogP contribution in [0.15, 0.2) is 48.7 Å². The van der Waals surface area contributed by atoms with Crippen LogP contribution in [-0.4, -0.2) is 70.0 Å². The number of benzene rings is 2. The van der Waals surface area contributed by atoms with Gasteiger partial charge in [0.25, 0.3) is 0 Å². The van der Waals surface area contributed by atoms with Crippen molar-refractivity contribution in [2.45, 2.75) is 0 Å². The van der Waals surface area contributed by atoms with Gasteiger partial charge in [0.05, 0.1) is 24.9 Å². The van der Waals surface area contributed by atoms with E-state index in [2.05, 4.69) is 36.6 Å². The van der Waals surface area contributed by atoms with Gasteiger partial charge in [-0.25, -0.2) is 0 Å². The summed E-state index contributed by atoms with van der Waals surface area (Å²) in [6, 6.07) is 14.2. The Morgan fingerprint density at radius 3 is 2.83 bits per heavy atom. The maximum absolute atomic E-state index is 6.00. The lowest BCUT2D eigenvalue weighted by Gasteiger charge is -2.26. The molecule has 0 aliphatic carbocycles. The third-order valence-corrected chi connectivity index (χ3v) is 5.16. The predicted octanol–water partition coefficient (Wildman–Crippen LogP) is 2.73. The van der Waals surface area contributed by atoms with Crippen LogP contribution in [0, 0.1) is 0 Å². The first-order valence-electron chi connectivity index (χ1n) is 9.74. The maximum atomic E-state index is 6.00. The van der Waals surface area contributed by atoms with E-state index in [1.807, 2.05) is 36.4 Å². The Morgan fingerprint density at radius 1 is 1.03 bits per heavy atom. The molecule has 148 valence electrons. The molecule has 0 amide bonds. The van der Waals surface area contributed by atoms with Gasteiger partial charge in [-0.2, -0.15) is 20.5 Å². The van der Waals surface area contributed by atoms with E-state index >= 15 is 0 Å². The Morgan fingerprint density at radius 2 is 1.97 bits per heavy atom. The van der Waals surface area contributed by atoms with E-state index < -0.39 is 0 Å². The smallest absolute Gasteiger partial charge is 0.120 e. The third-order valence-electron chi connectivity index (χ3n) is 5.16. The molecule has 2 aromatic carbocycles. The highest BCUT2D eigenvalue weighted by Crippen LogP contribution is 2.31. The molecular formula is C21H22N6O2. The number of nitrogens with zero attached hydrogens (tertiary/aromatic N) is 4. The summed E-state index contributed by atoms with van der Waals surface area (Å²) >= 11 is 0. The van der Waals surface area contributed by atoms with Crippen LogP contribution in [0.1, 0.15) is 0 Å². The van der Waals surface area contributed by atoms with Crippen molar-refractivity contribution in [1.29, 1.82) is 0 Å². The van der Waals surface area contributed by atoms with Gasteiger partial charge in [0.15, 0.2) is 0 Å². The minimum Gasteiger partial charge on any atom is -0.492 e. The molecule has 29 heavy (non-hydrogen) atoms. The van der Waals surface area contributed by atoms with Crippen molar-refractivity contribution in [2.24, 2.45) is 0 Å². The molecular weight excluding hydrogens is 368 g/mol. The molecule has 2 N–H and O–H groups in total. The number of morpholine rings is 1. The normalized spacial score (nSPS) is 15.0. The number of rotatable bonds is 6. The number of nitrogens with one attached hydrogen (secondary N) is 2. The van der Waals surface area contributed by atoms with Gasteiger partial charge < -0.3 is 9.47 Å². The van der Waals surface area contributed by atoms with Crippen molar-refractivity contribution in [2.75, 3.05) is 39.5 Å². The Bertz CT molecular complexity index is 1090. The second-order valence-electron chi connectivity index (χ2n) is 7.02. The molecule has 0 atom stereocenters. The molecule has 0 radical (unpaired) electrons. The SMILES string of the molecule is c1cc(OCCN2CCOCC2)cc(-c2n[nH]c3ccc(-c4cn[nH]n4)cc23)c1. The van der Waals surface area contributed by atoms with Gasteiger partial charge >= 0.3 is 0 Å². The Hall–Kier alpha value is -3.23. The monoisotopic (exact) mass is 390 g/mol. The van der Waals surface area contributed by atoms with Gasteiger partial charge in [0.1, 0.15) is 23.7 Å². The number of fused-ring (bicyclic) bond motifs is 1. The van der Waals surface area contributed by atoms with Crippen LogP contribution >= 0.6 is 0 Å². The summed E-state index contributed by atoms with van der Waals surface area (Å²) in [5, 5.41) is 19.4. The van der Waals surface area contributed by atoms with Crippen LogP contribution < -0.4 is 4.74 Å². The average molecular weight is 390 g/mol. The standard InChI is InChI=1S/C21H22N6O2/c1-2-16(12-17(3-1)29-11-8-27-6-9-28-10-7-27)21-18-13-15(20-14-22-26-24-20)4-5-19(18)23-25-21/h1-5,12-14H,6-11H2,(H,23,25)(H,22,24,26). The van der Waals surface area contributed by atoms with Crippen LogP contribution in [0.2, 0.25) is 0 Å². The first-order valence-corrected chi connectivity index (χ1v) is 9.74. The minimum atomic E-state index is 0.654. The summed E-state index contributed by atoms with van der Waals surface area (Å²) in [7, 11) is 0. The predicted molar refractivity (Wildman–Crippen MR) is 110 cm³/mol. The summed E-state index contributed by atoms with van der Waals surface area (Å²) < 4.78 is 11.4. The molecule has 1 aliphatic heterocycles. The van der Waals surface area contributed by atoms with Gasteiger partial charge in [-0.15, -0.1) is 0 Å². The van der Waals surface area contributed by atoms with Gasteiger partial charge in [0, 0.05) is 36.1 Å². The molecule has 8 heteroatoms. The first kappa shape index (κ1) is 17.8. The van der Waals surface area contributed by atoms with Gasteiger partial charge in [-0.3, -0.25) is 10.00 Å². The van der Waals surface area contributed by atoms with E-state index in [4.69, 9.17) is 9.47 Å². The fourth-order valence-electron chi connectivity index (χ4n) is 3.58. The highest BCUT2D eigenvalue weighted by atomic mass is 16.5. The van der Waals surface area contributed by atoms with Crippen molar-refractivity contribution in [3.8, 4) is 28.3 Å². The summed E-state index contributed by atoms with van der Waals surface area (Å²) in [5.74, 6) is 0.847. The second-order valence-corrected chi connectivity index (χ2v) is 7.02. The Kier molecular flexibility index (Phi) is 4.93. The van der Waals surface area contributed by atoms with Crippen LogP contribution in [0.3, 0.4) is 0 Å². The number of aromatic nitrogens is 5. The van der Waals surface area contributed by atoms with E-state index in [0.29, 0.717) is 6.61 Å². The Labute approximate surface area is 167 Å². The van der Waals surface area contributed by atoms with Crippen molar-refractivity contribution < 1.29 is 9.47 Å². The number of hydrogen-bond donors (Lipinski definition) is 2. The van der Waals surface area contributed by atoms with Crippen LogP contribution in [0.5, 0.6) is 5.75 Å². The lowest BCUT2D eigenvalue weighted by molar-refractivity contribution is 0.0322. The Balaban J connectivity index is 1.36. The molecule has 5 rings (SSSR count). The zero-order chi connectivity index (χ0) is 19.5. The number of aromatic amines is 2.